The van der Waals surface area contributed by atoms with E-state index in [0.717, 1.165) is 0 Å². The maximum atomic E-state index is 12.9. The second-order valence-corrected chi connectivity index (χ2v) is 7.38. The second-order valence-electron chi connectivity index (χ2n) is 7.38. The van der Waals surface area contributed by atoms with Crippen LogP contribution in [0.1, 0.15) is 59.5 Å². The summed E-state index contributed by atoms with van der Waals surface area (Å²) in [5.74, 6) is -2.65. The van der Waals surface area contributed by atoms with Gasteiger partial charge in [-0.15, -0.1) is 0 Å². The number of carbonyl (C=O) groups is 5. The number of nitrogens with two attached hydrogens (primary N) is 1. The number of hydrogen-bond acceptors (Lipinski definition) is 7. The molecule has 0 heterocycles. The second kappa shape index (κ2) is 8.51. The molecule has 3 N–H and O–H groups in total. The van der Waals surface area contributed by atoms with Gasteiger partial charge in [-0.05, 0) is 31.2 Å². The fraction of sp³-hybridized carbons (Fsp3) is 0.0800. The fourth-order valence-corrected chi connectivity index (χ4v) is 3.68. The zero-order valence-corrected chi connectivity index (χ0v) is 17.5. The van der Waals surface area contributed by atoms with E-state index in [0.29, 0.717) is 11.3 Å². The van der Waals surface area contributed by atoms with E-state index in [2.05, 4.69) is 5.32 Å². The van der Waals surface area contributed by atoms with Crippen LogP contribution in [0.5, 0.6) is 0 Å². The number of nitrogen functional groups attached to an aromatic ring is 1. The van der Waals surface area contributed by atoms with Crippen LogP contribution in [0.4, 0.5) is 11.4 Å². The van der Waals surface area contributed by atoms with Crippen molar-refractivity contribution in [3.05, 3.63) is 94.0 Å². The first-order chi connectivity index (χ1) is 15.8. The van der Waals surface area contributed by atoms with Gasteiger partial charge in [0.15, 0.2) is 24.0 Å². The van der Waals surface area contributed by atoms with E-state index in [4.69, 9.17) is 10.5 Å². The molecular formula is C25H18N2O6. The number of carbonyl (C=O) groups excluding carboxylic acids is 5. The third-order valence-electron chi connectivity index (χ3n) is 5.27. The number of esters is 1. The Morgan fingerprint density at radius 3 is 2.15 bits per heavy atom. The molecule has 8 nitrogen and oxygen atoms in total. The fourth-order valence-electron chi connectivity index (χ4n) is 3.68. The normalized spacial score (nSPS) is 11.9. The average Bonchev–Trinajstić information content (AvgIpc) is 2.81. The van der Waals surface area contributed by atoms with E-state index in [1.54, 1.807) is 42.5 Å². The SMILES string of the molecule is CC(=O)c1ccccc1NC(=O)COC(=O)c1ccc2c(c1N)C(=O)c1ccccc1C2=O. The van der Waals surface area contributed by atoms with Gasteiger partial charge in [0.25, 0.3) is 5.91 Å². The van der Waals surface area contributed by atoms with Gasteiger partial charge < -0.3 is 15.8 Å². The van der Waals surface area contributed by atoms with Crippen molar-refractivity contribution >= 4 is 40.6 Å². The van der Waals surface area contributed by atoms with Crippen LogP contribution in [0.25, 0.3) is 0 Å². The average molecular weight is 442 g/mol. The highest BCUT2D eigenvalue weighted by Gasteiger charge is 2.33. The number of para-hydroxylation sites is 1. The lowest BCUT2D eigenvalue weighted by molar-refractivity contribution is -0.119. The van der Waals surface area contributed by atoms with Crippen molar-refractivity contribution in [2.75, 3.05) is 17.7 Å². The minimum atomic E-state index is -0.926. The van der Waals surface area contributed by atoms with Crippen LogP contribution < -0.4 is 11.1 Å². The van der Waals surface area contributed by atoms with E-state index in [1.165, 1.54) is 25.1 Å². The van der Waals surface area contributed by atoms with Crippen LogP contribution in [-0.4, -0.2) is 35.8 Å². The molecule has 164 valence electrons. The molecule has 4 rings (SSSR count). The smallest absolute Gasteiger partial charge is 0.340 e. The Balaban J connectivity index is 1.52. The van der Waals surface area contributed by atoms with Crippen molar-refractivity contribution in [1.82, 2.24) is 0 Å². The minimum Gasteiger partial charge on any atom is -0.452 e. The van der Waals surface area contributed by atoms with E-state index >= 15 is 0 Å². The zero-order valence-electron chi connectivity index (χ0n) is 17.5. The molecule has 0 saturated carbocycles. The molecule has 0 unspecified atom stereocenters. The molecule has 1 amide bonds. The molecule has 0 aliphatic heterocycles. The first-order valence-corrected chi connectivity index (χ1v) is 9.97. The number of nitrogens with one attached hydrogen (secondary N) is 1. The molecule has 0 atom stereocenters. The Morgan fingerprint density at radius 2 is 1.45 bits per heavy atom. The monoisotopic (exact) mass is 442 g/mol. The summed E-state index contributed by atoms with van der Waals surface area (Å²) in [4.78, 5) is 62.2. The Bertz CT molecular complexity index is 1360. The molecule has 1 aliphatic carbocycles. The van der Waals surface area contributed by atoms with Crippen LogP contribution in [0.3, 0.4) is 0 Å². The molecule has 0 aromatic heterocycles. The number of ether oxygens (including phenoxy) is 1. The van der Waals surface area contributed by atoms with Crippen LogP contribution >= 0.6 is 0 Å². The summed E-state index contributed by atoms with van der Waals surface area (Å²) in [6.07, 6.45) is 0. The Hall–Kier alpha value is -4.59. The van der Waals surface area contributed by atoms with Gasteiger partial charge in [0, 0.05) is 22.3 Å². The molecule has 3 aromatic rings. The van der Waals surface area contributed by atoms with Gasteiger partial charge in [-0.25, -0.2) is 4.79 Å². The van der Waals surface area contributed by atoms with Gasteiger partial charge in [-0.2, -0.15) is 0 Å². The van der Waals surface area contributed by atoms with Gasteiger partial charge >= 0.3 is 5.97 Å². The van der Waals surface area contributed by atoms with E-state index in [9.17, 15) is 24.0 Å². The lowest BCUT2D eigenvalue weighted by atomic mass is 9.82. The maximum Gasteiger partial charge on any atom is 0.340 e. The molecule has 0 bridgehead atoms. The molecule has 0 fully saturated rings. The standard InChI is InChI=1S/C25H18N2O6/c1-13(28)14-6-4-5-9-19(14)27-20(29)12-33-25(32)18-11-10-17-21(22(18)26)24(31)16-8-3-2-7-15(16)23(17)30/h2-11H,12,26H2,1H3,(H,27,29). The maximum absolute atomic E-state index is 12.9. The number of amides is 1. The van der Waals surface area contributed by atoms with Crippen LogP contribution in [0.15, 0.2) is 60.7 Å². The first-order valence-electron chi connectivity index (χ1n) is 9.97. The number of rotatable bonds is 5. The highest BCUT2D eigenvalue weighted by molar-refractivity contribution is 6.30. The highest BCUT2D eigenvalue weighted by atomic mass is 16.5. The number of benzene rings is 3. The zero-order chi connectivity index (χ0) is 23.7. The molecular weight excluding hydrogens is 424 g/mol. The molecule has 1 aliphatic rings. The summed E-state index contributed by atoms with van der Waals surface area (Å²) in [7, 11) is 0. The lowest BCUT2D eigenvalue weighted by Gasteiger charge is -2.20. The lowest BCUT2D eigenvalue weighted by Crippen LogP contribution is -2.25. The largest absolute Gasteiger partial charge is 0.452 e. The summed E-state index contributed by atoms with van der Waals surface area (Å²) in [5, 5.41) is 2.52. The predicted molar refractivity (Wildman–Crippen MR) is 120 cm³/mol. The van der Waals surface area contributed by atoms with Crippen LogP contribution in [-0.2, 0) is 9.53 Å². The third-order valence-corrected chi connectivity index (χ3v) is 5.27. The summed E-state index contributed by atoms with van der Waals surface area (Å²) in [5.41, 5.74) is 6.89. The van der Waals surface area contributed by atoms with Gasteiger partial charge in [-0.3, -0.25) is 19.2 Å². The number of ketones is 3. The molecule has 33 heavy (non-hydrogen) atoms. The number of hydrogen-bond donors (Lipinski definition) is 2. The topological polar surface area (TPSA) is 133 Å². The Labute approximate surface area is 188 Å². The molecule has 0 saturated heterocycles. The van der Waals surface area contributed by atoms with Crippen molar-refractivity contribution in [3.8, 4) is 0 Å². The predicted octanol–water partition coefficient (Wildman–Crippen LogP) is 3.04. The van der Waals surface area contributed by atoms with Gasteiger partial charge in [0.1, 0.15) is 0 Å². The first kappa shape index (κ1) is 21.6. The van der Waals surface area contributed by atoms with Crippen molar-refractivity contribution < 1.29 is 28.7 Å². The summed E-state index contributed by atoms with van der Waals surface area (Å²) in [6.45, 7) is 0.728. The van der Waals surface area contributed by atoms with E-state index in [1.807, 2.05) is 0 Å². The van der Waals surface area contributed by atoms with Crippen LogP contribution in [0.2, 0.25) is 0 Å². The van der Waals surface area contributed by atoms with Gasteiger partial charge in [-0.1, -0.05) is 36.4 Å². The minimum absolute atomic E-state index is 0.0620. The number of fused-ring (bicyclic) bond motifs is 2. The Kier molecular flexibility index (Phi) is 5.58. The van der Waals surface area contributed by atoms with E-state index in [-0.39, 0.29) is 45.1 Å². The summed E-state index contributed by atoms with van der Waals surface area (Å²) >= 11 is 0. The summed E-state index contributed by atoms with van der Waals surface area (Å²) < 4.78 is 5.05. The van der Waals surface area contributed by atoms with Crippen molar-refractivity contribution in [2.45, 2.75) is 6.92 Å². The Morgan fingerprint density at radius 1 is 0.818 bits per heavy atom. The quantitative estimate of drug-likeness (QED) is 0.276. The van der Waals surface area contributed by atoms with Crippen molar-refractivity contribution in [1.29, 1.82) is 0 Å². The van der Waals surface area contributed by atoms with Gasteiger partial charge in [0.2, 0.25) is 0 Å². The molecule has 0 spiro atoms. The number of anilines is 2. The van der Waals surface area contributed by atoms with Crippen molar-refractivity contribution in [3.63, 3.8) is 0 Å². The van der Waals surface area contributed by atoms with Crippen molar-refractivity contribution in [2.24, 2.45) is 0 Å². The molecule has 8 heteroatoms. The highest BCUT2D eigenvalue weighted by Crippen LogP contribution is 2.32. The summed E-state index contributed by atoms with van der Waals surface area (Å²) in [6, 6.07) is 15.4. The molecule has 3 aromatic carbocycles. The van der Waals surface area contributed by atoms with Crippen LogP contribution in [0, 0.1) is 0 Å². The third kappa shape index (κ3) is 3.89. The van der Waals surface area contributed by atoms with Gasteiger partial charge in [0.05, 0.1) is 22.5 Å². The molecule has 0 radical (unpaired) electrons. The number of Topliss-reactive ketones (excluding diaryl/α,β-unsaturated/α-hetero) is 1. The van der Waals surface area contributed by atoms with E-state index < -0.39 is 24.3 Å².